The van der Waals surface area contributed by atoms with Gasteiger partial charge in [-0.05, 0) is 11.1 Å². The zero-order chi connectivity index (χ0) is 9.47. The van der Waals surface area contributed by atoms with Crippen LogP contribution in [0.25, 0.3) is 6.08 Å². The topological polar surface area (TPSA) is 40.5 Å². The summed E-state index contributed by atoms with van der Waals surface area (Å²) in [4.78, 5) is 0. The van der Waals surface area contributed by atoms with Gasteiger partial charge in [0.1, 0.15) is 12.2 Å². The van der Waals surface area contributed by atoms with Gasteiger partial charge in [0.15, 0.2) is 0 Å². The maximum atomic E-state index is 9.60. The largest absolute Gasteiger partial charge is 0.386 e. The van der Waals surface area contributed by atoms with Crippen LogP contribution in [-0.4, -0.2) is 16.3 Å². The van der Waals surface area contributed by atoms with Gasteiger partial charge in [-0.1, -0.05) is 36.4 Å². The van der Waals surface area contributed by atoms with Gasteiger partial charge in [-0.15, -0.1) is 0 Å². The number of aliphatic hydroxyl groups is 2. The van der Waals surface area contributed by atoms with E-state index in [0.29, 0.717) is 5.56 Å². The summed E-state index contributed by atoms with van der Waals surface area (Å²) in [5.41, 5.74) is 1.45. The van der Waals surface area contributed by atoms with E-state index in [4.69, 9.17) is 1.37 Å². The third-order valence-corrected chi connectivity index (χ3v) is 2.00. The molecular weight excluding hydrogens is 152 g/mol. The molecule has 12 heavy (non-hydrogen) atoms. The molecule has 0 aromatic heterocycles. The Morgan fingerprint density at radius 2 is 2.00 bits per heavy atom. The molecular formula is C10H10O2. The van der Waals surface area contributed by atoms with Crippen LogP contribution in [0.1, 0.15) is 18.6 Å². The minimum absolute atomic E-state index is 0.600. The lowest BCUT2D eigenvalue weighted by molar-refractivity contribution is 0.0470. The third-order valence-electron chi connectivity index (χ3n) is 2.00. The van der Waals surface area contributed by atoms with Crippen LogP contribution in [0.15, 0.2) is 30.3 Å². The normalized spacial score (nSPS) is 34.2. The van der Waals surface area contributed by atoms with Gasteiger partial charge >= 0.3 is 0 Å². The molecule has 0 unspecified atom stereocenters. The van der Waals surface area contributed by atoms with Crippen molar-refractivity contribution in [1.29, 1.82) is 0 Å². The number of hydrogen-bond donors (Lipinski definition) is 2. The number of aliphatic hydroxyl groups excluding tert-OH is 1. The fourth-order valence-corrected chi connectivity index (χ4v) is 1.34. The molecule has 0 bridgehead atoms. The fourth-order valence-electron chi connectivity index (χ4n) is 1.34. The van der Waals surface area contributed by atoms with Gasteiger partial charge in [0.25, 0.3) is 0 Å². The smallest absolute Gasteiger partial charge is 0.109 e. The van der Waals surface area contributed by atoms with Gasteiger partial charge in [-0.25, -0.2) is 0 Å². The minimum atomic E-state index is -1.89. The highest BCUT2D eigenvalue weighted by Gasteiger charge is 2.20. The Morgan fingerprint density at radius 3 is 2.83 bits per heavy atom. The molecule has 2 atom stereocenters. The lowest BCUT2D eigenvalue weighted by Gasteiger charge is -2.21. The maximum absolute atomic E-state index is 9.60. The van der Waals surface area contributed by atoms with Gasteiger partial charge in [0.05, 0.1) is 1.37 Å². The predicted molar refractivity (Wildman–Crippen MR) is 46.4 cm³/mol. The van der Waals surface area contributed by atoms with E-state index in [9.17, 15) is 10.2 Å². The molecule has 2 heteroatoms. The minimum Gasteiger partial charge on any atom is -0.386 e. The highest BCUT2D eigenvalue weighted by molar-refractivity contribution is 5.58. The Bertz CT molecular complexity index is 358. The summed E-state index contributed by atoms with van der Waals surface area (Å²) in [6.07, 6.45) is -0.114. The van der Waals surface area contributed by atoms with Crippen LogP contribution in [0, 0.1) is 0 Å². The molecule has 0 aliphatic heterocycles. The van der Waals surface area contributed by atoms with Crippen molar-refractivity contribution in [3.8, 4) is 0 Å². The van der Waals surface area contributed by atoms with Gasteiger partial charge in [-0.3, -0.25) is 0 Å². The summed E-state index contributed by atoms with van der Waals surface area (Å²) >= 11 is 0. The van der Waals surface area contributed by atoms with Gasteiger partial charge < -0.3 is 10.2 Å². The second-order valence-corrected chi connectivity index (χ2v) is 2.79. The van der Waals surface area contributed by atoms with Gasteiger partial charge in [0, 0.05) is 0 Å². The lowest BCUT2D eigenvalue weighted by Crippen LogP contribution is -2.19. The van der Waals surface area contributed by atoms with E-state index < -0.39 is 12.2 Å². The average Bonchev–Trinajstić information content (AvgIpc) is 2.13. The van der Waals surface area contributed by atoms with E-state index in [1.54, 1.807) is 18.2 Å². The fraction of sp³-hybridized carbons (Fsp3) is 0.200. The van der Waals surface area contributed by atoms with E-state index >= 15 is 0 Å². The lowest BCUT2D eigenvalue weighted by atomic mass is 9.93. The van der Waals surface area contributed by atoms with Crippen LogP contribution in [0.5, 0.6) is 0 Å². The van der Waals surface area contributed by atoms with Crippen LogP contribution >= 0.6 is 0 Å². The molecule has 2 rings (SSSR count). The van der Waals surface area contributed by atoms with Gasteiger partial charge in [-0.2, -0.15) is 0 Å². The molecule has 0 fully saturated rings. The van der Waals surface area contributed by atoms with Crippen molar-refractivity contribution >= 4 is 6.08 Å². The molecule has 2 N–H and O–H groups in total. The van der Waals surface area contributed by atoms with Crippen LogP contribution in [0.3, 0.4) is 0 Å². The van der Waals surface area contributed by atoms with Crippen LogP contribution < -0.4 is 0 Å². The maximum Gasteiger partial charge on any atom is 0.109 e. The van der Waals surface area contributed by atoms with E-state index in [2.05, 4.69) is 0 Å². The summed E-state index contributed by atoms with van der Waals surface area (Å²) in [5, 5.41) is 19.0. The number of fused-ring (bicyclic) bond motifs is 1. The molecule has 0 heterocycles. The summed E-state index contributed by atoms with van der Waals surface area (Å²) in [6.45, 7) is 0. The molecule has 0 amide bonds. The molecule has 0 saturated carbocycles. The van der Waals surface area contributed by atoms with Crippen molar-refractivity contribution in [2.75, 3.05) is 0 Å². The van der Waals surface area contributed by atoms with Crippen LogP contribution in [0.4, 0.5) is 0 Å². The standard InChI is InChI=1S/C10H10O2/c11-9-6-5-7-3-1-2-4-8(7)10(9)12/h1-6,9-12H/t9-,10+/m0/s1/i9D. The first-order valence-electron chi connectivity index (χ1n) is 4.30. The Labute approximate surface area is 72.2 Å². The first kappa shape index (κ1) is 6.40. The SMILES string of the molecule is [2H][C@]1(O)C=Cc2ccccc2[C@H]1O. The quantitative estimate of drug-likeness (QED) is 0.601. The Morgan fingerprint density at radius 1 is 1.25 bits per heavy atom. The summed E-state index contributed by atoms with van der Waals surface area (Å²) in [7, 11) is 0. The molecule has 1 aromatic carbocycles. The number of rotatable bonds is 0. The van der Waals surface area contributed by atoms with E-state index in [1.165, 1.54) is 6.08 Å². The third kappa shape index (κ3) is 1.05. The van der Waals surface area contributed by atoms with Crippen molar-refractivity contribution in [2.45, 2.75) is 12.2 Å². The van der Waals surface area contributed by atoms with Crippen molar-refractivity contribution in [3.63, 3.8) is 0 Å². The summed E-state index contributed by atoms with van der Waals surface area (Å²) in [5.74, 6) is 0. The second kappa shape index (κ2) is 2.73. The van der Waals surface area contributed by atoms with Crippen molar-refractivity contribution < 1.29 is 11.6 Å². The summed E-state index contributed by atoms with van der Waals surface area (Å²) < 4.78 is 7.38. The number of hydrogen-bond acceptors (Lipinski definition) is 2. The first-order valence-corrected chi connectivity index (χ1v) is 3.80. The molecule has 0 saturated heterocycles. The molecule has 2 nitrogen and oxygen atoms in total. The van der Waals surface area contributed by atoms with Crippen LogP contribution in [0.2, 0.25) is 0 Å². The Kier molecular flexibility index (Phi) is 1.46. The molecule has 62 valence electrons. The molecule has 1 aliphatic rings. The Balaban J connectivity index is 2.55. The molecule has 1 aliphatic carbocycles. The molecule has 1 aromatic rings. The molecule has 0 radical (unpaired) electrons. The van der Waals surface area contributed by atoms with E-state index in [-0.39, 0.29) is 0 Å². The number of benzene rings is 1. The van der Waals surface area contributed by atoms with Gasteiger partial charge in [0.2, 0.25) is 0 Å². The zero-order valence-corrected chi connectivity index (χ0v) is 6.44. The van der Waals surface area contributed by atoms with Crippen molar-refractivity contribution in [1.82, 2.24) is 0 Å². The monoisotopic (exact) mass is 163 g/mol. The second-order valence-electron chi connectivity index (χ2n) is 2.79. The molecule has 0 spiro atoms. The van der Waals surface area contributed by atoms with Crippen molar-refractivity contribution in [3.05, 3.63) is 41.5 Å². The Hall–Kier alpha value is -1.12. The summed E-state index contributed by atoms with van der Waals surface area (Å²) in [6, 6.07) is 7.18. The highest BCUT2D eigenvalue weighted by atomic mass is 16.3. The van der Waals surface area contributed by atoms with Crippen LogP contribution in [-0.2, 0) is 0 Å². The van der Waals surface area contributed by atoms with E-state index in [0.717, 1.165) is 5.56 Å². The first-order chi connectivity index (χ1) is 6.11. The predicted octanol–water partition coefficient (Wildman–Crippen LogP) is 1.11. The van der Waals surface area contributed by atoms with E-state index in [1.807, 2.05) is 12.1 Å². The highest BCUT2D eigenvalue weighted by Crippen LogP contribution is 2.27. The van der Waals surface area contributed by atoms with Crippen molar-refractivity contribution in [2.24, 2.45) is 0 Å². The average molecular weight is 163 g/mol. The zero-order valence-electron chi connectivity index (χ0n) is 7.44.